The predicted molar refractivity (Wildman–Crippen MR) is 101 cm³/mol. The van der Waals surface area contributed by atoms with Gasteiger partial charge in [0.05, 0.1) is 4.34 Å². The highest BCUT2D eigenvalue weighted by molar-refractivity contribution is 7.91. The van der Waals surface area contributed by atoms with Gasteiger partial charge < -0.3 is 4.74 Å². The van der Waals surface area contributed by atoms with Crippen molar-refractivity contribution in [2.45, 2.75) is 11.1 Å². The van der Waals surface area contributed by atoms with Gasteiger partial charge in [0.15, 0.2) is 0 Å². The molecule has 2 heterocycles. The molecule has 0 bridgehead atoms. The van der Waals surface area contributed by atoms with E-state index in [1.165, 1.54) is 9.87 Å². The number of piperazine rings is 1. The van der Waals surface area contributed by atoms with Crippen LogP contribution in [0.15, 0.2) is 40.6 Å². The van der Waals surface area contributed by atoms with Crippen LogP contribution in [-0.4, -0.2) is 57.0 Å². The topological polar surface area (TPSA) is 49.9 Å². The van der Waals surface area contributed by atoms with Gasteiger partial charge in [-0.05, 0) is 31.2 Å². The second-order valence-electron chi connectivity index (χ2n) is 5.97. The fourth-order valence-electron chi connectivity index (χ4n) is 2.68. The minimum Gasteiger partial charge on any atom is -0.492 e. The fourth-order valence-corrected chi connectivity index (χ4v) is 5.74. The van der Waals surface area contributed by atoms with Gasteiger partial charge in [-0.2, -0.15) is 4.31 Å². The van der Waals surface area contributed by atoms with Gasteiger partial charge in [-0.3, -0.25) is 4.90 Å². The standard InChI is InChI=1S/C17H21ClN2O3S2/c1-14-2-4-15(5-3-14)23-13-12-19-8-10-20(11-9-19)25(21,22)17-7-6-16(18)24-17/h2-7H,8-13H2,1H3. The molecule has 0 amide bonds. The van der Waals surface area contributed by atoms with Crippen LogP contribution in [0.1, 0.15) is 5.56 Å². The van der Waals surface area contributed by atoms with Gasteiger partial charge in [-0.25, -0.2) is 8.42 Å². The molecule has 3 rings (SSSR count). The molecule has 136 valence electrons. The molecule has 25 heavy (non-hydrogen) atoms. The highest BCUT2D eigenvalue weighted by Crippen LogP contribution is 2.28. The summed E-state index contributed by atoms with van der Waals surface area (Å²) in [7, 11) is -3.42. The molecule has 5 nitrogen and oxygen atoms in total. The van der Waals surface area contributed by atoms with Crippen molar-refractivity contribution in [1.82, 2.24) is 9.21 Å². The van der Waals surface area contributed by atoms with Crippen LogP contribution in [0, 0.1) is 6.92 Å². The summed E-state index contributed by atoms with van der Waals surface area (Å²) in [6.07, 6.45) is 0. The van der Waals surface area contributed by atoms with Crippen molar-refractivity contribution in [3.05, 3.63) is 46.3 Å². The maximum atomic E-state index is 12.6. The van der Waals surface area contributed by atoms with E-state index in [0.29, 0.717) is 41.3 Å². The summed E-state index contributed by atoms with van der Waals surface area (Å²) >= 11 is 6.96. The molecule has 0 saturated carbocycles. The normalized spacial score (nSPS) is 16.9. The Morgan fingerprint density at radius 2 is 1.76 bits per heavy atom. The molecule has 0 unspecified atom stereocenters. The Kier molecular flexibility index (Phi) is 6.01. The zero-order valence-electron chi connectivity index (χ0n) is 14.0. The largest absolute Gasteiger partial charge is 0.492 e. The van der Waals surface area contributed by atoms with E-state index < -0.39 is 10.0 Å². The van der Waals surface area contributed by atoms with Gasteiger partial charge in [-0.15, -0.1) is 11.3 Å². The van der Waals surface area contributed by atoms with Crippen molar-refractivity contribution < 1.29 is 13.2 Å². The van der Waals surface area contributed by atoms with Gasteiger partial charge in [0, 0.05) is 32.7 Å². The number of sulfonamides is 1. The monoisotopic (exact) mass is 400 g/mol. The Bertz CT molecular complexity index is 798. The van der Waals surface area contributed by atoms with Crippen molar-refractivity contribution in [2.75, 3.05) is 39.3 Å². The third kappa shape index (κ3) is 4.74. The van der Waals surface area contributed by atoms with Crippen molar-refractivity contribution >= 4 is 33.0 Å². The summed E-state index contributed by atoms with van der Waals surface area (Å²) in [5.41, 5.74) is 1.21. The molecule has 0 spiro atoms. The van der Waals surface area contributed by atoms with E-state index in [2.05, 4.69) is 4.90 Å². The molecule has 1 fully saturated rings. The van der Waals surface area contributed by atoms with Crippen LogP contribution in [0.2, 0.25) is 4.34 Å². The molecule has 1 aliphatic heterocycles. The third-order valence-electron chi connectivity index (χ3n) is 4.17. The highest BCUT2D eigenvalue weighted by atomic mass is 35.5. The summed E-state index contributed by atoms with van der Waals surface area (Å²) in [6.45, 7) is 5.81. The number of thiophene rings is 1. The lowest BCUT2D eigenvalue weighted by Gasteiger charge is -2.33. The summed E-state index contributed by atoms with van der Waals surface area (Å²) in [5.74, 6) is 0.862. The first-order valence-electron chi connectivity index (χ1n) is 8.12. The Morgan fingerprint density at radius 1 is 1.08 bits per heavy atom. The van der Waals surface area contributed by atoms with Crippen LogP contribution >= 0.6 is 22.9 Å². The van der Waals surface area contributed by atoms with E-state index in [0.717, 1.165) is 23.6 Å². The molecule has 0 N–H and O–H groups in total. The number of hydrogen-bond donors (Lipinski definition) is 0. The van der Waals surface area contributed by atoms with Crippen LogP contribution in [0.3, 0.4) is 0 Å². The quantitative estimate of drug-likeness (QED) is 0.747. The van der Waals surface area contributed by atoms with Gasteiger partial charge >= 0.3 is 0 Å². The molecule has 1 aromatic carbocycles. The predicted octanol–water partition coefficient (Wildman–Crippen LogP) is 3.10. The first-order valence-corrected chi connectivity index (χ1v) is 10.8. The molecule has 2 aromatic rings. The van der Waals surface area contributed by atoms with E-state index in [1.54, 1.807) is 12.1 Å². The number of ether oxygens (including phenoxy) is 1. The average Bonchev–Trinajstić information content (AvgIpc) is 3.04. The lowest BCUT2D eigenvalue weighted by atomic mass is 10.2. The second-order valence-corrected chi connectivity index (χ2v) is 9.85. The van der Waals surface area contributed by atoms with Gasteiger partial charge in [0.25, 0.3) is 10.0 Å². The van der Waals surface area contributed by atoms with Crippen LogP contribution in [0.5, 0.6) is 5.75 Å². The van der Waals surface area contributed by atoms with Crippen molar-refractivity contribution in [3.8, 4) is 5.75 Å². The second kappa shape index (κ2) is 8.05. The van der Waals surface area contributed by atoms with Gasteiger partial charge in [-0.1, -0.05) is 29.3 Å². The minimum atomic E-state index is -3.42. The number of halogens is 1. The van der Waals surface area contributed by atoms with Crippen molar-refractivity contribution in [2.24, 2.45) is 0 Å². The molecular formula is C17H21ClN2O3S2. The maximum absolute atomic E-state index is 12.6. The molecule has 1 saturated heterocycles. The molecule has 0 aliphatic carbocycles. The molecule has 1 aromatic heterocycles. The molecule has 0 radical (unpaired) electrons. The Morgan fingerprint density at radius 3 is 2.36 bits per heavy atom. The fraction of sp³-hybridized carbons (Fsp3) is 0.412. The first-order chi connectivity index (χ1) is 11.9. The number of aryl methyl sites for hydroxylation is 1. The average molecular weight is 401 g/mol. The van der Waals surface area contributed by atoms with E-state index in [9.17, 15) is 8.42 Å². The SMILES string of the molecule is Cc1ccc(OCCN2CCN(S(=O)(=O)c3ccc(Cl)s3)CC2)cc1. The Balaban J connectivity index is 1.46. The number of hydrogen-bond acceptors (Lipinski definition) is 5. The third-order valence-corrected chi connectivity index (χ3v) is 7.77. The molecular weight excluding hydrogens is 380 g/mol. The maximum Gasteiger partial charge on any atom is 0.252 e. The number of rotatable bonds is 6. The van der Waals surface area contributed by atoms with Crippen LogP contribution in [0.25, 0.3) is 0 Å². The molecule has 8 heteroatoms. The van der Waals surface area contributed by atoms with E-state index >= 15 is 0 Å². The lowest BCUT2D eigenvalue weighted by Crippen LogP contribution is -2.49. The van der Waals surface area contributed by atoms with Gasteiger partial charge in [0.1, 0.15) is 16.6 Å². The minimum absolute atomic E-state index is 0.314. The zero-order chi connectivity index (χ0) is 17.9. The van der Waals surface area contributed by atoms with E-state index in [1.807, 2.05) is 31.2 Å². The van der Waals surface area contributed by atoms with E-state index in [-0.39, 0.29) is 0 Å². The van der Waals surface area contributed by atoms with Gasteiger partial charge in [0.2, 0.25) is 0 Å². The van der Waals surface area contributed by atoms with Crippen molar-refractivity contribution in [3.63, 3.8) is 0 Å². The van der Waals surface area contributed by atoms with Crippen LogP contribution in [0.4, 0.5) is 0 Å². The lowest BCUT2D eigenvalue weighted by molar-refractivity contribution is 0.159. The Labute approximate surface area is 157 Å². The summed E-state index contributed by atoms with van der Waals surface area (Å²) in [5, 5.41) is 0. The van der Waals surface area contributed by atoms with Crippen LogP contribution < -0.4 is 4.74 Å². The molecule has 0 atom stereocenters. The zero-order valence-corrected chi connectivity index (χ0v) is 16.4. The van der Waals surface area contributed by atoms with Crippen LogP contribution in [-0.2, 0) is 10.0 Å². The number of benzene rings is 1. The highest BCUT2D eigenvalue weighted by Gasteiger charge is 2.29. The summed E-state index contributed by atoms with van der Waals surface area (Å²) < 4.78 is 33.2. The summed E-state index contributed by atoms with van der Waals surface area (Å²) in [4.78, 5) is 2.22. The summed E-state index contributed by atoms with van der Waals surface area (Å²) in [6, 6.07) is 11.2. The van der Waals surface area contributed by atoms with E-state index in [4.69, 9.17) is 16.3 Å². The smallest absolute Gasteiger partial charge is 0.252 e. The Hall–Kier alpha value is -1.12. The number of nitrogens with zero attached hydrogens (tertiary/aromatic N) is 2. The van der Waals surface area contributed by atoms with Crippen molar-refractivity contribution in [1.29, 1.82) is 0 Å². The molecule has 1 aliphatic rings. The first kappa shape index (κ1) is 18.7.